The molecule has 16 heavy (non-hydrogen) atoms. The van der Waals surface area contributed by atoms with Gasteiger partial charge in [0.2, 0.25) is 0 Å². The summed E-state index contributed by atoms with van der Waals surface area (Å²) >= 11 is 0. The minimum Gasteiger partial charge on any atom is -0.427 e. The first-order valence-corrected chi connectivity index (χ1v) is 5.80. The maximum atomic E-state index is 11.3. The Kier molecular flexibility index (Phi) is 8.31. The Labute approximate surface area is 98.1 Å². The molecule has 0 spiro atoms. The number of allylic oxidation sites excluding steroid dienone is 2. The van der Waals surface area contributed by atoms with Gasteiger partial charge in [0.15, 0.2) is 0 Å². The maximum Gasteiger partial charge on any atom is 0.509 e. The zero-order chi connectivity index (χ0) is 12.4. The summed E-state index contributed by atoms with van der Waals surface area (Å²) in [6.07, 6.45) is 8.35. The third kappa shape index (κ3) is 8.09. The lowest BCUT2D eigenvalue weighted by Crippen LogP contribution is -2.18. The van der Waals surface area contributed by atoms with E-state index in [9.17, 15) is 4.79 Å². The maximum absolute atomic E-state index is 11.3. The summed E-state index contributed by atoms with van der Waals surface area (Å²) in [5.74, 6) is 0. The summed E-state index contributed by atoms with van der Waals surface area (Å²) in [4.78, 5) is 11.3. The van der Waals surface area contributed by atoms with Crippen molar-refractivity contribution in [3.05, 3.63) is 24.3 Å². The van der Waals surface area contributed by atoms with Gasteiger partial charge in [-0.1, -0.05) is 26.0 Å². The molecule has 0 aliphatic rings. The van der Waals surface area contributed by atoms with Gasteiger partial charge in [-0.2, -0.15) is 0 Å². The van der Waals surface area contributed by atoms with Crippen molar-refractivity contribution < 1.29 is 14.3 Å². The molecule has 0 aromatic heterocycles. The molecule has 3 nitrogen and oxygen atoms in total. The molecule has 0 rings (SSSR count). The van der Waals surface area contributed by atoms with Crippen molar-refractivity contribution in [3.63, 3.8) is 0 Å². The minimum atomic E-state index is -0.624. The van der Waals surface area contributed by atoms with Crippen molar-refractivity contribution >= 4 is 6.16 Å². The predicted molar refractivity (Wildman–Crippen MR) is 65.4 cm³/mol. The Morgan fingerprint density at radius 1 is 1.00 bits per heavy atom. The standard InChI is InChI=1S/C13H22O3/c1-5-7-9-11(3)15-13(14)16-12(4)10-8-6-2/h7-12H,5-6H2,1-4H3/b9-7+,10-8+. The van der Waals surface area contributed by atoms with Crippen LogP contribution in [0.1, 0.15) is 40.5 Å². The van der Waals surface area contributed by atoms with Gasteiger partial charge in [-0.25, -0.2) is 4.79 Å². The highest BCUT2D eigenvalue weighted by Crippen LogP contribution is 2.01. The molecular formula is C13H22O3. The Morgan fingerprint density at radius 2 is 1.38 bits per heavy atom. The van der Waals surface area contributed by atoms with Crippen LogP contribution in [-0.4, -0.2) is 18.4 Å². The third-order valence-electron chi connectivity index (χ3n) is 1.85. The fourth-order valence-electron chi connectivity index (χ4n) is 1.07. The van der Waals surface area contributed by atoms with E-state index in [1.807, 2.05) is 38.2 Å². The van der Waals surface area contributed by atoms with Crippen molar-refractivity contribution in [2.75, 3.05) is 0 Å². The number of hydrogen-bond acceptors (Lipinski definition) is 3. The lowest BCUT2D eigenvalue weighted by Gasteiger charge is -2.12. The average Bonchev–Trinajstić information content (AvgIpc) is 2.23. The van der Waals surface area contributed by atoms with Gasteiger partial charge in [0.25, 0.3) is 0 Å². The number of carbonyl (C=O) groups is 1. The molecule has 3 heteroatoms. The quantitative estimate of drug-likeness (QED) is 0.509. The van der Waals surface area contributed by atoms with Gasteiger partial charge in [0.1, 0.15) is 12.2 Å². The molecule has 92 valence electrons. The van der Waals surface area contributed by atoms with E-state index in [1.54, 1.807) is 13.8 Å². The number of carbonyl (C=O) groups excluding carboxylic acids is 1. The first-order valence-electron chi connectivity index (χ1n) is 5.80. The largest absolute Gasteiger partial charge is 0.509 e. The predicted octanol–water partition coefficient (Wildman–Crippen LogP) is 3.85. The Bertz CT molecular complexity index is 220. The van der Waals surface area contributed by atoms with Crippen LogP contribution >= 0.6 is 0 Å². The molecular weight excluding hydrogens is 204 g/mol. The van der Waals surface area contributed by atoms with E-state index in [1.165, 1.54) is 0 Å². The van der Waals surface area contributed by atoms with Crippen LogP contribution in [-0.2, 0) is 9.47 Å². The van der Waals surface area contributed by atoms with Crippen LogP contribution in [0.4, 0.5) is 4.79 Å². The van der Waals surface area contributed by atoms with Gasteiger partial charge in [0, 0.05) is 0 Å². The smallest absolute Gasteiger partial charge is 0.427 e. The van der Waals surface area contributed by atoms with Crippen LogP contribution in [0.25, 0.3) is 0 Å². The van der Waals surface area contributed by atoms with Crippen LogP contribution in [0, 0.1) is 0 Å². The lowest BCUT2D eigenvalue weighted by molar-refractivity contribution is 0.0296. The SMILES string of the molecule is CC/C=C/C(C)OC(=O)OC(C)/C=C/CC. The van der Waals surface area contributed by atoms with Crippen molar-refractivity contribution in [2.45, 2.75) is 52.7 Å². The highest BCUT2D eigenvalue weighted by molar-refractivity contribution is 5.60. The van der Waals surface area contributed by atoms with Crippen LogP contribution in [0.5, 0.6) is 0 Å². The van der Waals surface area contributed by atoms with Crippen LogP contribution in [0.2, 0.25) is 0 Å². The molecule has 0 aromatic rings. The van der Waals surface area contributed by atoms with E-state index >= 15 is 0 Å². The molecule has 0 N–H and O–H groups in total. The molecule has 0 aliphatic carbocycles. The van der Waals surface area contributed by atoms with Gasteiger partial charge in [-0.05, 0) is 38.8 Å². The van der Waals surface area contributed by atoms with Gasteiger partial charge >= 0.3 is 6.16 Å². The van der Waals surface area contributed by atoms with E-state index < -0.39 is 6.16 Å². The average molecular weight is 226 g/mol. The summed E-state index contributed by atoms with van der Waals surface area (Å²) in [5, 5.41) is 0. The second-order valence-corrected chi connectivity index (χ2v) is 3.57. The molecule has 0 aromatic carbocycles. The minimum absolute atomic E-state index is 0.241. The summed E-state index contributed by atoms with van der Waals surface area (Å²) in [6.45, 7) is 7.66. The van der Waals surface area contributed by atoms with E-state index in [2.05, 4.69) is 0 Å². The molecule has 2 unspecified atom stereocenters. The molecule has 0 radical (unpaired) electrons. The van der Waals surface area contributed by atoms with Crippen LogP contribution in [0.15, 0.2) is 24.3 Å². The van der Waals surface area contributed by atoms with Crippen molar-refractivity contribution in [1.29, 1.82) is 0 Å². The molecule has 0 saturated heterocycles. The fraction of sp³-hybridized carbons (Fsp3) is 0.615. The van der Waals surface area contributed by atoms with Crippen molar-refractivity contribution in [3.8, 4) is 0 Å². The number of ether oxygens (including phenoxy) is 2. The third-order valence-corrected chi connectivity index (χ3v) is 1.85. The molecule has 0 aliphatic heterocycles. The fourth-order valence-corrected chi connectivity index (χ4v) is 1.07. The Balaban J connectivity index is 3.89. The normalized spacial score (nSPS) is 15.2. The summed E-state index contributed by atoms with van der Waals surface area (Å²) in [7, 11) is 0. The van der Waals surface area contributed by atoms with Gasteiger partial charge in [-0.3, -0.25) is 0 Å². The summed E-state index contributed by atoms with van der Waals surface area (Å²) in [6, 6.07) is 0. The first-order chi connectivity index (χ1) is 7.60. The highest BCUT2D eigenvalue weighted by Gasteiger charge is 2.10. The molecule has 0 amide bonds. The van der Waals surface area contributed by atoms with Gasteiger partial charge < -0.3 is 9.47 Å². The van der Waals surface area contributed by atoms with Gasteiger partial charge in [0.05, 0.1) is 0 Å². The Hall–Kier alpha value is -1.25. The van der Waals surface area contributed by atoms with Crippen molar-refractivity contribution in [2.24, 2.45) is 0 Å². The topological polar surface area (TPSA) is 35.5 Å². The zero-order valence-corrected chi connectivity index (χ0v) is 10.6. The zero-order valence-electron chi connectivity index (χ0n) is 10.6. The van der Waals surface area contributed by atoms with E-state index in [0.717, 1.165) is 12.8 Å². The summed E-state index contributed by atoms with van der Waals surface area (Å²) in [5.41, 5.74) is 0. The van der Waals surface area contributed by atoms with Gasteiger partial charge in [-0.15, -0.1) is 0 Å². The van der Waals surface area contributed by atoms with Crippen LogP contribution < -0.4 is 0 Å². The van der Waals surface area contributed by atoms with E-state index in [4.69, 9.17) is 9.47 Å². The second-order valence-electron chi connectivity index (χ2n) is 3.57. The molecule has 0 heterocycles. The van der Waals surface area contributed by atoms with E-state index in [0.29, 0.717) is 0 Å². The molecule has 0 bridgehead atoms. The first kappa shape index (κ1) is 14.8. The summed E-state index contributed by atoms with van der Waals surface area (Å²) < 4.78 is 10.0. The molecule has 2 atom stereocenters. The monoisotopic (exact) mass is 226 g/mol. The number of hydrogen-bond donors (Lipinski definition) is 0. The van der Waals surface area contributed by atoms with E-state index in [-0.39, 0.29) is 12.2 Å². The second kappa shape index (κ2) is 9.01. The molecule has 0 saturated carbocycles. The molecule has 0 fully saturated rings. The Morgan fingerprint density at radius 3 is 1.69 bits per heavy atom. The number of rotatable bonds is 6. The van der Waals surface area contributed by atoms with Crippen molar-refractivity contribution in [1.82, 2.24) is 0 Å². The lowest BCUT2D eigenvalue weighted by atomic mass is 10.3. The van der Waals surface area contributed by atoms with Crippen LogP contribution in [0.3, 0.4) is 0 Å². The highest BCUT2D eigenvalue weighted by atomic mass is 16.7.